The van der Waals surface area contributed by atoms with Crippen molar-refractivity contribution in [2.24, 2.45) is 0 Å². The van der Waals surface area contributed by atoms with Gasteiger partial charge in [0.15, 0.2) is 0 Å². The molecule has 0 amide bonds. The molecular weight excluding hydrogens is 415 g/mol. The molecule has 3 rings (SSSR count). The van der Waals surface area contributed by atoms with Crippen LogP contribution in [0.25, 0.3) is 0 Å². The maximum atomic E-state index is 4.98. The first-order valence-corrected chi connectivity index (χ1v) is 9.14. The Bertz CT molecular complexity index is 686. The molecule has 31 heavy (non-hydrogen) atoms. The zero-order valence-electron chi connectivity index (χ0n) is 19.1. The van der Waals surface area contributed by atoms with Gasteiger partial charge in [-0.05, 0) is 36.4 Å². The van der Waals surface area contributed by atoms with Crippen LogP contribution >= 0.6 is 9.90 Å². The smallest absolute Gasteiger partial charge is 0.122 e. The van der Waals surface area contributed by atoms with Crippen molar-refractivity contribution in [1.29, 1.82) is 0 Å². The van der Waals surface area contributed by atoms with Crippen LogP contribution < -0.4 is 28.4 Å². The molecule has 0 aliphatic heterocycles. The highest BCUT2D eigenvalue weighted by molar-refractivity contribution is 6.92. The molecule has 170 valence electrons. The van der Waals surface area contributed by atoms with Gasteiger partial charge in [-0.1, -0.05) is 18.2 Å². The zero-order chi connectivity index (χ0) is 22.2. The fourth-order valence-electron chi connectivity index (χ4n) is 2.18. The van der Waals surface area contributed by atoms with Crippen LogP contribution in [-0.4, -0.2) is 42.7 Å². The fourth-order valence-corrected chi connectivity index (χ4v) is 2.18. The van der Waals surface area contributed by atoms with Gasteiger partial charge in [0.05, 0.1) is 42.7 Å². The summed E-state index contributed by atoms with van der Waals surface area (Å²) in [6.45, 7) is 0. The minimum Gasteiger partial charge on any atom is -0.497 e. The number of hydrogen-bond donors (Lipinski definition) is 0. The zero-order valence-corrected chi connectivity index (χ0v) is 20.5. The van der Waals surface area contributed by atoms with E-state index in [9.17, 15) is 0 Å². The highest BCUT2D eigenvalue weighted by atomic mass is 31.0. The Balaban J connectivity index is 0.000000429. The Morgan fingerprint density at radius 3 is 0.645 bits per heavy atom. The molecule has 1 unspecified atom stereocenters. The summed E-state index contributed by atoms with van der Waals surface area (Å²) in [5, 5.41) is 0. The lowest BCUT2D eigenvalue weighted by molar-refractivity contribution is 0.394. The maximum absolute atomic E-state index is 4.98. The van der Waals surface area contributed by atoms with Crippen LogP contribution in [0.5, 0.6) is 34.5 Å². The Labute approximate surface area is 188 Å². The standard InChI is InChI=1S/3C8H10O2.H3P/c3*1-9-7-4-3-5-8(6-7)10-2;/h3*3-6H,1-2H3;1H3. The van der Waals surface area contributed by atoms with Crippen LogP contribution in [0, 0.1) is 0 Å². The molecule has 3 aromatic carbocycles. The minimum atomic E-state index is 0. The fraction of sp³-hybridized carbons (Fsp3) is 0.250. The third-order valence-corrected chi connectivity index (χ3v) is 3.83. The van der Waals surface area contributed by atoms with Crippen molar-refractivity contribution in [2.75, 3.05) is 42.7 Å². The molecule has 0 saturated heterocycles. The van der Waals surface area contributed by atoms with Crippen molar-refractivity contribution in [3.05, 3.63) is 72.8 Å². The second-order valence-electron chi connectivity index (χ2n) is 5.65. The average molecular weight is 448 g/mol. The highest BCUT2D eigenvalue weighted by Gasteiger charge is 1.93. The molecule has 0 radical (unpaired) electrons. The van der Waals surface area contributed by atoms with Crippen LogP contribution in [-0.2, 0) is 0 Å². The van der Waals surface area contributed by atoms with Gasteiger partial charge in [-0.2, -0.15) is 9.90 Å². The van der Waals surface area contributed by atoms with E-state index in [4.69, 9.17) is 28.4 Å². The Morgan fingerprint density at radius 2 is 0.516 bits per heavy atom. The number of hydrogen-bond acceptors (Lipinski definition) is 6. The lowest BCUT2D eigenvalue weighted by atomic mass is 10.3. The number of rotatable bonds is 6. The van der Waals surface area contributed by atoms with Crippen molar-refractivity contribution < 1.29 is 28.4 Å². The molecule has 0 fully saturated rings. The van der Waals surface area contributed by atoms with Crippen molar-refractivity contribution in [3.8, 4) is 34.5 Å². The summed E-state index contributed by atoms with van der Waals surface area (Å²) >= 11 is 0. The van der Waals surface area contributed by atoms with Crippen LogP contribution in [0.4, 0.5) is 0 Å². The van der Waals surface area contributed by atoms with E-state index < -0.39 is 0 Å². The van der Waals surface area contributed by atoms with Gasteiger partial charge in [-0.25, -0.2) is 0 Å². The summed E-state index contributed by atoms with van der Waals surface area (Å²) < 4.78 is 29.9. The first-order chi connectivity index (χ1) is 14.6. The van der Waals surface area contributed by atoms with Crippen molar-refractivity contribution in [1.82, 2.24) is 0 Å². The van der Waals surface area contributed by atoms with Crippen molar-refractivity contribution in [3.63, 3.8) is 0 Å². The topological polar surface area (TPSA) is 55.4 Å². The van der Waals surface area contributed by atoms with Gasteiger partial charge in [0.25, 0.3) is 0 Å². The van der Waals surface area contributed by atoms with Gasteiger partial charge in [0.1, 0.15) is 34.5 Å². The Hall–Kier alpha value is -3.11. The molecule has 0 aromatic heterocycles. The summed E-state index contributed by atoms with van der Waals surface area (Å²) in [4.78, 5) is 0. The molecule has 6 nitrogen and oxygen atoms in total. The molecule has 0 spiro atoms. The SMILES string of the molecule is COc1cccc(OC)c1.COc1cccc(OC)c1.COc1cccc(OC)c1.P. The second-order valence-corrected chi connectivity index (χ2v) is 5.65. The van der Waals surface area contributed by atoms with Gasteiger partial charge in [-0.15, -0.1) is 0 Å². The number of ether oxygens (including phenoxy) is 6. The van der Waals surface area contributed by atoms with Crippen LogP contribution in [0.1, 0.15) is 0 Å². The van der Waals surface area contributed by atoms with Crippen LogP contribution in [0.2, 0.25) is 0 Å². The molecule has 0 saturated carbocycles. The van der Waals surface area contributed by atoms with Crippen molar-refractivity contribution >= 4 is 9.90 Å². The second kappa shape index (κ2) is 16.7. The molecule has 3 aromatic rings. The molecule has 7 heteroatoms. The van der Waals surface area contributed by atoms with E-state index in [-0.39, 0.29) is 9.90 Å². The van der Waals surface area contributed by atoms with Gasteiger partial charge in [0.2, 0.25) is 0 Å². The monoisotopic (exact) mass is 448 g/mol. The summed E-state index contributed by atoms with van der Waals surface area (Å²) in [7, 11) is 9.80. The predicted molar refractivity (Wildman–Crippen MR) is 130 cm³/mol. The summed E-state index contributed by atoms with van der Waals surface area (Å²) in [6.07, 6.45) is 0. The quantitative estimate of drug-likeness (QED) is 0.485. The van der Waals surface area contributed by atoms with Gasteiger partial charge < -0.3 is 28.4 Å². The normalized spacial score (nSPS) is 8.71. The largest absolute Gasteiger partial charge is 0.497 e. The first kappa shape index (κ1) is 27.9. The summed E-state index contributed by atoms with van der Waals surface area (Å²) in [6, 6.07) is 22.4. The summed E-state index contributed by atoms with van der Waals surface area (Å²) in [5.41, 5.74) is 0. The third-order valence-electron chi connectivity index (χ3n) is 3.83. The first-order valence-electron chi connectivity index (χ1n) is 9.14. The van der Waals surface area contributed by atoms with E-state index in [1.54, 1.807) is 42.7 Å². The van der Waals surface area contributed by atoms with Crippen LogP contribution in [0.15, 0.2) is 72.8 Å². The molecule has 0 aliphatic carbocycles. The van der Waals surface area contributed by atoms with E-state index >= 15 is 0 Å². The maximum Gasteiger partial charge on any atom is 0.122 e. The van der Waals surface area contributed by atoms with E-state index in [1.165, 1.54) is 0 Å². The van der Waals surface area contributed by atoms with E-state index in [0.717, 1.165) is 34.5 Å². The number of benzene rings is 3. The van der Waals surface area contributed by atoms with Gasteiger partial charge >= 0.3 is 0 Å². The molecule has 1 atom stereocenters. The Morgan fingerprint density at radius 1 is 0.355 bits per heavy atom. The molecule has 0 bridgehead atoms. The summed E-state index contributed by atoms with van der Waals surface area (Å²) in [5.74, 6) is 4.91. The number of methoxy groups -OCH3 is 6. The average Bonchev–Trinajstić information content (AvgIpc) is 2.84. The molecule has 0 aliphatic rings. The van der Waals surface area contributed by atoms with E-state index in [1.807, 2.05) is 72.8 Å². The van der Waals surface area contributed by atoms with Crippen molar-refractivity contribution in [2.45, 2.75) is 0 Å². The third kappa shape index (κ3) is 11.0. The molecule has 0 N–H and O–H groups in total. The predicted octanol–water partition coefficient (Wildman–Crippen LogP) is 5.17. The lowest BCUT2D eigenvalue weighted by Crippen LogP contribution is -1.84. The molecule has 0 heterocycles. The highest BCUT2D eigenvalue weighted by Crippen LogP contribution is 2.19. The van der Waals surface area contributed by atoms with E-state index in [2.05, 4.69) is 0 Å². The lowest BCUT2D eigenvalue weighted by Gasteiger charge is -2.01. The van der Waals surface area contributed by atoms with Gasteiger partial charge in [0, 0.05) is 18.2 Å². The Kier molecular flexibility index (Phi) is 15.0. The van der Waals surface area contributed by atoms with Crippen LogP contribution in [0.3, 0.4) is 0 Å². The molecular formula is C24H33O6P. The minimum absolute atomic E-state index is 0. The van der Waals surface area contributed by atoms with E-state index in [0.29, 0.717) is 0 Å². The van der Waals surface area contributed by atoms with Gasteiger partial charge in [-0.3, -0.25) is 0 Å².